The summed E-state index contributed by atoms with van der Waals surface area (Å²) in [7, 11) is 0. The van der Waals surface area contributed by atoms with Crippen LogP contribution in [-0.2, 0) is 0 Å². The minimum Gasteiger partial charge on any atom is -0.369 e. The number of para-hydroxylation sites is 1. The van der Waals surface area contributed by atoms with E-state index in [9.17, 15) is 4.79 Å². The van der Waals surface area contributed by atoms with Gasteiger partial charge in [0.1, 0.15) is 0 Å². The van der Waals surface area contributed by atoms with Crippen LogP contribution in [0.1, 0.15) is 10.4 Å². The molecule has 1 amide bonds. The minimum atomic E-state index is -0.0121. The highest BCUT2D eigenvalue weighted by Crippen LogP contribution is 2.15. The van der Waals surface area contributed by atoms with Crippen molar-refractivity contribution in [2.45, 2.75) is 0 Å². The molecule has 0 bridgehead atoms. The molecule has 1 aromatic heterocycles. The van der Waals surface area contributed by atoms with E-state index in [1.807, 2.05) is 53.4 Å². The van der Waals surface area contributed by atoms with Gasteiger partial charge in [0.25, 0.3) is 5.91 Å². The summed E-state index contributed by atoms with van der Waals surface area (Å²) >= 11 is 0. The summed E-state index contributed by atoms with van der Waals surface area (Å²) in [5.74, 6) is -0.0121. The molecule has 0 radical (unpaired) electrons. The second-order valence-electron chi connectivity index (χ2n) is 7.06. The number of aromatic nitrogens is 1. The normalized spacial score (nSPS) is 14.8. The van der Waals surface area contributed by atoms with Crippen LogP contribution in [-0.4, -0.2) is 54.6 Å². The van der Waals surface area contributed by atoms with Gasteiger partial charge in [-0.15, -0.1) is 0 Å². The molecule has 3 aromatic rings. The largest absolute Gasteiger partial charge is 0.369 e. The van der Waals surface area contributed by atoms with E-state index in [1.165, 1.54) is 5.69 Å². The van der Waals surface area contributed by atoms with Crippen LogP contribution >= 0.6 is 0 Å². The lowest BCUT2D eigenvalue weighted by Gasteiger charge is -2.36. The average Bonchev–Trinajstić information content (AvgIpc) is 3.30. The minimum absolute atomic E-state index is 0.0121. The predicted octanol–water partition coefficient (Wildman–Crippen LogP) is 3.03. The number of carbonyl (C=O) groups excluding carboxylic acids is 1. The van der Waals surface area contributed by atoms with E-state index in [1.54, 1.807) is 0 Å². The molecule has 0 spiro atoms. The number of nitrogens with zero attached hydrogens (tertiary/aromatic N) is 3. The van der Waals surface area contributed by atoms with E-state index in [2.05, 4.69) is 45.4 Å². The Morgan fingerprint density at radius 1 is 0.786 bits per heavy atom. The molecule has 28 heavy (non-hydrogen) atoms. The Balaban J connectivity index is 1.21. The lowest BCUT2D eigenvalue weighted by atomic mass is 10.2. The maximum atomic E-state index is 12.4. The molecule has 1 saturated heterocycles. The summed E-state index contributed by atoms with van der Waals surface area (Å²) in [5.41, 5.74) is 3.04. The van der Waals surface area contributed by atoms with Crippen LogP contribution in [0.3, 0.4) is 0 Å². The van der Waals surface area contributed by atoms with Gasteiger partial charge in [-0.25, -0.2) is 0 Å². The highest BCUT2D eigenvalue weighted by molar-refractivity contribution is 5.94. The lowest BCUT2D eigenvalue weighted by Crippen LogP contribution is -2.48. The quantitative estimate of drug-likeness (QED) is 0.721. The van der Waals surface area contributed by atoms with Gasteiger partial charge in [0.15, 0.2) is 0 Å². The summed E-state index contributed by atoms with van der Waals surface area (Å²) < 4.78 is 2.02. The van der Waals surface area contributed by atoms with Crippen LogP contribution in [0.2, 0.25) is 0 Å². The molecule has 4 rings (SSSR count). The summed E-state index contributed by atoms with van der Waals surface area (Å²) in [5, 5.41) is 3.04. The summed E-state index contributed by atoms with van der Waals surface area (Å²) in [4.78, 5) is 17.2. The van der Waals surface area contributed by atoms with Gasteiger partial charge in [-0.3, -0.25) is 9.69 Å². The fourth-order valence-electron chi connectivity index (χ4n) is 3.59. The fraction of sp³-hybridized carbons (Fsp3) is 0.261. The number of hydrogen-bond acceptors (Lipinski definition) is 3. The molecule has 0 saturated carbocycles. The molecule has 1 fully saturated rings. The van der Waals surface area contributed by atoms with Crippen molar-refractivity contribution in [3.05, 3.63) is 84.7 Å². The maximum Gasteiger partial charge on any atom is 0.251 e. The van der Waals surface area contributed by atoms with E-state index >= 15 is 0 Å². The summed E-state index contributed by atoms with van der Waals surface area (Å²) in [6, 6.07) is 22.2. The molecule has 0 atom stereocenters. The van der Waals surface area contributed by atoms with E-state index in [0.29, 0.717) is 12.1 Å². The number of benzene rings is 2. The topological polar surface area (TPSA) is 40.5 Å². The number of rotatable bonds is 6. The number of amides is 1. The molecular weight excluding hydrogens is 348 g/mol. The van der Waals surface area contributed by atoms with Crippen LogP contribution < -0.4 is 10.2 Å². The molecule has 1 aliphatic heterocycles. The SMILES string of the molecule is O=C(NCCN1CCN(c2ccccc2)CC1)c1ccc(-n2cccc2)cc1. The molecule has 0 aliphatic carbocycles. The second kappa shape index (κ2) is 8.76. The van der Waals surface area contributed by atoms with Crippen molar-refractivity contribution in [3.8, 4) is 5.69 Å². The second-order valence-corrected chi connectivity index (χ2v) is 7.06. The van der Waals surface area contributed by atoms with Gasteiger partial charge in [0, 0.05) is 68.6 Å². The zero-order valence-corrected chi connectivity index (χ0v) is 16.0. The molecule has 2 heterocycles. The Bertz CT molecular complexity index is 867. The van der Waals surface area contributed by atoms with Crippen LogP contribution in [0.25, 0.3) is 5.69 Å². The van der Waals surface area contributed by atoms with Crippen molar-refractivity contribution in [2.75, 3.05) is 44.2 Å². The number of carbonyl (C=O) groups is 1. The monoisotopic (exact) mass is 374 g/mol. The van der Waals surface area contributed by atoms with E-state index in [4.69, 9.17) is 0 Å². The zero-order valence-electron chi connectivity index (χ0n) is 16.0. The van der Waals surface area contributed by atoms with Gasteiger partial charge in [0.05, 0.1) is 0 Å². The van der Waals surface area contributed by atoms with Gasteiger partial charge in [-0.1, -0.05) is 18.2 Å². The highest BCUT2D eigenvalue weighted by Gasteiger charge is 2.16. The Morgan fingerprint density at radius 2 is 1.46 bits per heavy atom. The summed E-state index contributed by atoms with van der Waals surface area (Å²) in [6.45, 7) is 5.66. The molecule has 5 nitrogen and oxygen atoms in total. The fourth-order valence-corrected chi connectivity index (χ4v) is 3.59. The average molecular weight is 374 g/mol. The van der Waals surface area contributed by atoms with Crippen LogP contribution in [0.4, 0.5) is 5.69 Å². The van der Waals surface area contributed by atoms with Crippen molar-refractivity contribution in [1.82, 2.24) is 14.8 Å². The number of nitrogens with one attached hydrogen (secondary N) is 1. The third-order valence-electron chi connectivity index (χ3n) is 5.24. The predicted molar refractivity (Wildman–Crippen MR) is 113 cm³/mol. The molecule has 2 aromatic carbocycles. The first-order valence-electron chi connectivity index (χ1n) is 9.83. The third kappa shape index (κ3) is 4.43. The van der Waals surface area contributed by atoms with Gasteiger partial charge < -0.3 is 14.8 Å². The van der Waals surface area contributed by atoms with Crippen LogP contribution in [0.5, 0.6) is 0 Å². The van der Waals surface area contributed by atoms with Crippen molar-refractivity contribution in [2.24, 2.45) is 0 Å². The first-order chi connectivity index (χ1) is 13.8. The third-order valence-corrected chi connectivity index (χ3v) is 5.24. The Morgan fingerprint density at radius 3 is 2.14 bits per heavy atom. The molecular formula is C23H26N4O. The van der Waals surface area contributed by atoms with Gasteiger partial charge in [0.2, 0.25) is 0 Å². The maximum absolute atomic E-state index is 12.4. The molecule has 1 N–H and O–H groups in total. The molecule has 1 aliphatic rings. The molecule has 5 heteroatoms. The lowest BCUT2D eigenvalue weighted by molar-refractivity contribution is 0.0948. The van der Waals surface area contributed by atoms with Crippen LogP contribution in [0.15, 0.2) is 79.1 Å². The summed E-state index contributed by atoms with van der Waals surface area (Å²) in [6.07, 6.45) is 3.99. The van der Waals surface area contributed by atoms with Crippen molar-refractivity contribution >= 4 is 11.6 Å². The molecule has 144 valence electrons. The first kappa shape index (κ1) is 18.3. The standard InChI is InChI=1S/C23H26N4O/c28-23(20-8-10-22(11-9-20)26-13-4-5-14-26)24-12-15-25-16-18-27(19-17-25)21-6-2-1-3-7-21/h1-11,13-14H,12,15-19H2,(H,24,28). The highest BCUT2D eigenvalue weighted by atomic mass is 16.1. The van der Waals surface area contributed by atoms with Crippen molar-refractivity contribution < 1.29 is 4.79 Å². The van der Waals surface area contributed by atoms with Crippen LogP contribution in [0, 0.1) is 0 Å². The number of anilines is 1. The first-order valence-corrected chi connectivity index (χ1v) is 9.83. The molecule has 0 unspecified atom stereocenters. The zero-order chi connectivity index (χ0) is 19.2. The Labute approximate surface area is 166 Å². The number of piperazine rings is 1. The van der Waals surface area contributed by atoms with E-state index < -0.39 is 0 Å². The Hall–Kier alpha value is -3.05. The van der Waals surface area contributed by atoms with E-state index in [0.717, 1.165) is 38.4 Å². The van der Waals surface area contributed by atoms with Crippen molar-refractivity contribution in [1.29, 1.82) is 0 Å². The Kier molecular flexibility index (Phi) is 5.73. The van der Waals surface area contributed by atoms with Gasteiger partial charge in [-0.2, -0.15) is 0 Å². The van der Waals surface area contributed by atoms with Crippen molar-refractivity contribution in [3.63, 3.8) is 0 Å². The number of hydrogen-bond donors (Lipinski definition) is 1. The van der Waals surface area contributed by atoms with E-state index in [-0.39, 0.29) is 5.91 Å². The van der Waals surface area contributed by atoms with Gasteiger partial charge >= 0.3 is 0 Å². The smallest absolute Gasteiger partial charge is 0.251 e. The van der Waals surface area contributed by atoms with Gasteiger partial charge in [-0.05, 0) is 48.5 Å².